The van der Waals surface area contributed by atoms with E-state index < -0.39 is 0 Å². The molecule has 0 aliphatic carbocycles. The van der Waals surface area contributed by atoms with Crippen LogP contribution >= 0.6 is 0 Å². The molecular weight excluding hydrogens is 214 g/mol. The Morgan fingerprint density at radius 1 is 1.24 bits per heavy atom. The maximum Gasteiger partial charge on any atom is 1.00 e. The van der Waals surface area contributed by atoms with Crippen LogP contribution in [0, 0.1) is 6.92 Å². The minimum atomic E-state index is -0.285. The van der Waals surface area contributed by atoms with Crippen molar-refractivity contribution in [2.45, 2.75) is 20.8 Å². The summed E-state index contributed by atoms with van der Waals surface area (Å²) in [5.41, 5.74) is 2.43. The van der Waals surface area contributed by atoms with Crippen molar-refractivity contribution < 1.29 is 5.84 Å². The zero-order valence-corrected chi connectivity index (χ0v) is 10.5. The van der Waals surface area contributed by atoms with Crippen LogP contribution in [0.15, 0.2) is 33.5 Å². The van der Waals surface area contributed by atoms with Crippen LogP contribution < -0.4 is 10.5 Å². The summed E-state index contributed by atoms with van der Waals surface area (Å²) in [6, 6.07) is 7.56. The molecule has 1 heterocycles. The highest BCUT2D eigenvalue weighted by atomic mass is 16.4. The van der Waals surface area contributed by atoms with Crippen LogP contribution in [-0.4, -0.2) is 13.1 Å². The van der Waals surface area contributed by atoms with E-state index in [4.69, 9.17) is 4.42 Å². The predicted octanol–water partition coefficient (Wildman–Crippen LogP) is 3.06. The molecule has 0 unspecified atom stereocenters. The van der Waals surface area contributed by atoms with Crippen LogP contribution in [0.1, 0.15) is 20.8 Å². The van der Waals surface area contributed by atoms with E-state index in [-0.39, 0.29) is 7.05 Å². The second kappa shape index (κ2) is 4.62. The molecule has 0 amide bonds. The third-order valence-electron chi connectivity index (χ3n) is 3.06. The molecule has 0 saturated heterocycles. The molecule has 0 bridgehead atoms. The average molecular weight is 232 g/mol. The second-order valence-corrected chi connectivity index (χ2v) is 4.10. The van der Waals surface area contributed by atoms with Crippen LogP contribution in [0.3, 0.4) is 0 Å². The Labute approximate surface area is 102 Å². The fourth-order valence-electron chi connectivity index (χ4n) is 2.10. The van der Waals surface area contributed by atoms with Crippen molar-refractivity contribution >= 4 is 16.7 Å². The summed E-state index contributed by atoms with van der Waals surface area (Å²) in [7, 11) is 0. The summed E-state index contributed by atoms with van der Waals surface area (Å²) in [6.45, 7) is 8.03. The van der Waals surface area contributed by atoms with Crippen LogP contribution in [0.5, 0.6) is 0 Å². The molecule has 2 rings (SSSR count). The Bertz CT molecular complexity index is 588. The summed E-state index contributed by atoms with van der Waals surface area (Å²) in [5, 5.41) is 1.00. The smallest absolute Gasteiger partial charge is 0.423 e. The van der Waals surface area contributed by atoms with Gasteiger partial charge in [0.25, 0.3) is 0 Å². The van der Waals surface area contributed by atoms with Gasteiger partial charge < -0.3 is 9.32 Å². The van der Waals surface area contributed by atoms with E-state index in [1.807, 2.05) is 19.1 Å². The van der Waals surface area contributed by atoms with Gasteiger partial charge in [-0.2, -0.15) is 0 Å². The topological polar surface area (TPSA) is 33.5 Å². The van der Waals surface area contributed by atoms with E-state index >= 15 is 0 Å². The first-order chi connectivity index (χ1) is 8.15. The SMILES string of the molecule is CCN(CC)c1ccc2c(C)cc(=O)oc2c1.[H+]. The average Bonchev–Trinajstić information content (AvgIpc) is 2.30. The first-order valence-electron chi connectivity index (χ1n) is 5.95. The van der Waals surface area contributed by atoms with Crippen molar-refractivity contribution in [2.24, 2.45) is 0 Å². The standard InChI is InChI=1S/C14H17NO2/c1-4-15(5-2)11-6-7-12-10(3)8-14(16)17-13(12)9-11/h6-9H,4-5H2,1-3H3/p+1. The number of benzene rings is 1. The first-order valence-corrected chi connectivity index (χ1v) is 5.95. The summed E-state index contributed by atoms with van der Waals surface area (Å²) in [4.78, 5) is 13.6. The normalized spacial score (nSPS) is 10.8. The van der Waals surface area contributed by atoms with E-state index in [1.54, 1.807) is 0 Å². The Morgan fingerprint density at radius 3 is 2.59 bits per heavy atom. The minimum Gasteiger partial charge on any atom is -0.423 e. The predicted molar refractivity (Wildman–Crippen MR) is 71.9 cm³/mol. The molecule has 0 aliphatic rings. The van der Waals surface area contributed by atoms with Crippen molar-refractivity contribution in [1.82, 2.24) is 0 Å². The molecule has 3 nitrogen and oxygen atoms in total. The number of anilines is 1. The summed E-state index contributed by atoms with van der Waals surface area (Å²) in [5.74, 6) is 0. The highest BCUT2D eigenvalue weighted by Crippen LogP contribution is 2.23. The van der Waals surface area contributed by atoms with Gasteiger partial charge >= 0.3 is 7.05 Å². The second-order valence-electron chi connectivity index (χ2n) is 4.10. The fraction of sp³-hybridized carbons (Fsp3) is 0.357. The molecule has 0 N–H and O–H groups in total. The van der Waals surface area contributed by atoms with Gasteiger partial charge in [0.05, 0.1) is 0 Å². The Morgan fingerprint density at radius 2 is 1.94 bits per heavy atom. The van der Waals surface area contributed by atoms with Crippen LogP contribution in [-0.2, 0) is 0 Å². The Balaban J connectivity index is 0.00000162. The zero-order valence-electron chi connectivity index (χ0n) is 11.5. The molecule has 1 aromatic heterocycles. The summed E-state index contributed by atoms with van der Waals surface area (Å²) >= 11 is 0. The molecule has 0 fully saturated rings. The van der Waals surface area contributed by atoms with Crippen molar-refractivity contribution in [3.63, 3.8) is 0 Å². The number of fused-ring (bicyclic) bond motifs is 1. The molecule has 0 saturated carbocycles. The highest BCUT2D eigenvalue weighted by Gasteiger charge is 2.06. The quantitative estimate of drug-likeness (QED) is 0.762. The molecule has 90 valence electrons. The number of rotatable bonds is 3. The van der Waals surface area contributed by atoms with Crippen molar-refractivity contribution in [2.75, 3.05) is 18.0 Å². The zero-order chi connectivity index (χ0) is 12.4. The molecule has 0 aliphatic heterocycles. The number of hydrogen-bond acceptors (Lipinski definition) is 3. The third-order valence-corrected chi connectivity index (χ3v) is 3.06. The van der Waals surface area contributed by atoms with E-state index in [0.717, 1.165) is 29.7 Å². The van der Waals surface area contributed by atoms with E-state index in [9.17, 15) is 4.79 Å². The van der Waals surface area contributed by atoms with Crippen LogP contribution in [0.2, 0.25) is 0 Å². The van der Waals surface area contributed by atoms with Crippen molar-refractivity contribution in [1.29, 1.82) is 0 Å². The third kappa shape index (κ3) is 2.18. The monoisotopic (exact) mass is 232 g/mol. The van der Waals surface area contributed by atoms with Crippen molar-refractivity contribution in [3.05, 3.63) is 40.2 Å². The van der Waals surface area contributed by atoms with E-state index in [0.29, 0.717) is 5.58 Å². The molecule has 3 heteroatoms. The Kier molecular flexibility index (Phi) is 3.18. The molecule has 0 radical (unpaired) electrons. The van der Waals surface area contributed by atoms with Gasteiger partial charge in [-0.1, -0.05) is 0 Å². The van der Waals surface area contributed by atoms with Gasteiger partial charge in [-0.3, -0.25) is 0 Å². The molecule has 2 aromatic rings. The van der Waals surface area contributed by atoms with Gasteiger partial charge in [-0.05, 0) is 38.5 Å². The molecule has 1 aromatic carbocycles. The number of hydrogen-bond donors (Lipinski definition) is 0. The fourth-order valence-corrected chi connectivity index (χ4v) is 2.10. The highest BCUT2D eigenvalue weighted by molar-refractivity contribution is 5.83. The maximum atomic E-state index is 11.3. The molecule has 0 atom stereocenters. The van der Waals surface area contributed by atoms with Gasteiger partial charge in [0.15, 0.2) is 0 Å². The maximum absolute atomic E-state index is 11.3. The minimum absolute atomic E-state index is 0. The van der Waals surface area contributed by atoms with Gasteiger partial charge in [0.2, 0.25) is 0 Å². The molecule has 17 heavy (non-hydrogen) atoms. The lowest BCUT2D eigenvalue weighted by molar-refractivity contribution is 0.560. The summed E-state index contributed by atoms with van der Waals surface area (Å²) in [6.07, 6.45) is 0. The largest absolute Gasteiger partial charge is 1.00 e. The van der Waals surface area contributed by atoms with Gasteiger partial charge in [0.1, 0.15) is 5.58 Å². The van der Waals surface area contributed by atoms with Gasteiger partial charge in [-0.25, -0.2) is 4.79 Å². The molecular formula is C14H18NO2+. The first kappa shape index (κ1) is 11.7. The number of nitrogens with zero attached hydrogens (tertiary/aromatic N) is 1. The lowest BCUT2D eigenvalue weighted by Gasteiger charge is -2.21. The van der Waals surface area contributed by atoms with Gasteiger partial charge in [-0.15, -0.1) is 0 Å². The summed E-state index contributed by atoms with van der Waals surface area (Å²) < 4.78 is 5.24. The van der Waals surface area contributed by atoms with Crippen molar-refractivity contribution in [3.8, 4) is 0 Å². The van der Waals surface area contributed by atoms with E-state index in [1.165, 1.54) is 6.07 Å². The van der Waals surface area contributed by atoms with Crippen LogP contribution in [0.25, 0.3) is 11.0 Å². The van der Waals surface area contributed by atoms with Crippen LogP contribution in [0.4, 0.5) is 5.69 Å². The Hall–Kier alpha value is -1.77. The van der Waals surface area contributed by atoms with Gasteiger partial charge in [0, 0.05) is 36.3 Å². The lowest BCUT2D eigenvalue weighted by atomic mass is 10.1. The van der Waals surface area contributed by atoms with E-state index in [2.05, 4.69) is 24.8 Å². The molecule has 0 spiro atoms. The number of aryl methyl sites for hydroxylation is 1. The lowest BCUT2D eigenvalue weighted by Crippen LogP contribution is -2.21.